The fourth-order valence-electron chi connectivity index (χ4n) is 11.2. The Morgan fingerprint density at radius 3 is 1.17 bits per heavy atom. The van der Waals surface area contributed by atoms with E-state index in [1.807, 2.05) is 0 Å². The van der Waals surface area contributed by atoms with Gasteiger partial charge in [-0.05, 0) is 109 Å². The number of carbonyl (C=O) groups is 20. The van der Waals surface area contributed by atoms with E-state index in [-0.39, 0.29) is 51.0 Å². The number of rotatable bonds is 54. The monoisotopic (exact) mass is 1630 g/mol. The van der Waals surface area contributed by atoms with Crippen molar-refractivity contribution < 1.29 is 121 Å². The Kier molecular flexibility index (Phi) is 42.1. The number of fused-ring (bicyclic) bond motifs is 1. The number of unbranched alkanes of at least 4 members (excludes halogenated alkanes) is 1. The van der Waals surface area contributed by atoms with Crippen molar-refractivity contribution in [2.24, 2.45) is 46.2 Å². The zero-order chi connectivity index (χ0) is 87.4. The number of aromatic amines is 1. The number of carbonyl (C=O) groups excluding carboxylic acids is 17. The molecule has 45 nitrogen and oxygen atoms in total. The van der Waals surface area contributed by atoms with Gasteiger partial charge in [0, 0.05) is 42.8 Å². The van der Waals surface area contributed by atoms with Crippen molar-refractivity contribution in [3.63, 3.8) is 0 Å². The van der Waals surface area contributed by atoms with Gasteiger partial charge in [0.2, 0.25) is 100 Å². The molecule has 640 valence electrons. The molecule has 0 aliphatic heterocycles. The van der Waals surface area contributed by atoms with Crippen molar-refractivity contribution >= 4 is 129 Å². The number of carboxylic acid groups (broad SMARTS) is 3. The highest BCUT2D eigenvalue weighted by Gasteiger charge is 2.40. The molecule has 2 rings (SSSR count). The summed E-state index contributed by atoms with van der Waals surface area (Å²) in [4.78, 5) is 267. The molecule has 0 fully saturated rings. The number of nitrogens with one attached hydrogen (secondary N) is 14. The lowest BCUT2D eigenvalue weighted by atomic mass is 10.0. The maximum absolute atomic E-state index is 14.4. The fourth-order valence-corrected chi connectivity index (χ4v) is 11.2. The Hall–Kier alpha value is -12.0. The third-order valence-corrected chi connectivity index (χ3v) is 17.3. The fraction of sp³-hybridized carbons (Fsp3) is 0.600. The first kappa shape index (κ1) is 99.1. The summed E-state index contributed by atoms with van der Waals surface area (Å²) >= 11 is 0. The standard InChI is InChI=1S/C70H110N20O25/c1-30(2)23-43(63(107)82-42(70(114)115)17-20-50(74)94)84-66(110)46(26-51(75)95)87-67(111)47(27-52(76)96)86-64(108)44(24-31(3)4)83-61(105)41(18-21-53(97)98)81-69(113)56(35(8)92)90-58(102)33(6)79-68(112)55(34(7)91)89-57(101)32(5)78-62(106)48(28-54(99)100)88-65(109)45(25-36-29-77-39-14-10-9-13-37(36)39)85-60(104)40(15-11-12-22-71)80-59(103)38(72)16-19-49(73)93/h9-10,13-14,29-35,38,40-48,55-56,77,91-92H,11-12,15-28,71-72H2,1-8H3,(H2,73,93)(H2,74,94)(H2,75,95)(H2,76,96)(H,78,106)(H,79,112)(H,80,103)(H,81,113)(H,82,107)(H,83,105)(H,84,110)(H,85,104)(H,86,108)(H,87,111)(H,88,109)(H,89,101)(H,90,102)(H,97,98)(H,99,100)(H,114,115)/t32-,33-,34+,35+,38-,40-,41-,42-,43-,44-,45-,46-,47-,48-,55-,56-/m0/s1. The van der Waals surface area contributed by atoms with Gasteiger partial charge in [0.25, 0.3) is 0 Å². The van der Waals surface area contributed by atoms with Gasteiger partial charge in [0.05, 0.1) is 37.5 Å². The molecule has 115 heavy (non-hydrogen) atoms. The van der Waals surface area contributed by atoms with Gasteiger partial charge in [0.15, 0.2) is 0 Å². The Bertz CT molecular complexity index is 3810. The minimum absolute atomic E-state index is 0.0221. The highest BCUT2D eigenvalue weighted by atomic mass is 16.4. The molecule has 1 heterocycles. The second-order valence-corrected chi connectivity index (χ2v) is 28.4. The summed E-state index contributed by atoms with van der Waals surface area (Å²) in [7, 11) is 0. The molecule has 0 saturated carbocycles. The number of nitrogens with two attached hydrogens (primary N) is 6. The smallest absolute Gasteiger partial charge is 0.326 e. The van der Waals surface area contributed by atoms with Crippen molar-refractivity contribution in [2.45, 2.75) is 248 Å². The Balaban J connectivity index is 2.38. The predicted molar refractivity (Wildman–Crippen MR) is 403 cm³/mol. The Morgan fingerprint density at radius 2 is 0.739 bits per heavy atom. The highest BCUT2D eigenvalue weighted by molar-refractivity contribution is 6.02. The summed E-state index contributed by atoms with van der Waals surface area (Å²) < 4.78 is 0. The number of amides is 17. The normalized spacial score (nSPS) is 15.4. The van der Waals surface area contributed by atoms with E-state index >= 15 is 0 Å². The number of benzene rings is 1. The van der Waals surface area contributed by atoms with Gasteiger partial charge in [-0.25, -0.2) is 4.79 Å². The molecule has 16 atom stereocenters. The van der Waals surface area contributed by atoms with Crippen LogP contribution in [0.25, 0.3) is 10.9 Å². The van der Waals surface area contributed by atoms with Crippen LogP contribution in [0.1, 0.15) is 151 Å². The van der Waals surface area contributed by atoms with Crippen LogP contribution in [0, 0.1) is 11.8 Å². The van der Waals surface area contributed by atoms with E-state index in [0.29, 0.717) is 29.3 Å². The van der Waals surface area contributed by atoms with Crippen LogP contribution in [0.4, 0.5) is 0 Å². The molecule has 0 spiro atoms. The third kappa shape index (κ3) is 36.1. The minimum atomic E-state index is -2.05. The molecule has 0 radical (unpaired) electrons. The lowest BCUT2D eigenvalue weighted by Crippen LogP contribution is -2.62. The molecule has 2 aromatic rings. The van der Waals surface area contributed by atoms with Crippen molar-refractivity contribution in [2.75, 3.05) is 6.54 Å². The van der Waals surface area contributed by atoms with Gasteiger partial charge in [-0.3, -0.25) is 91.1 Å². The molecule has 17 amide bonds. The van der Waals surface area contributed by atoms with Crippen LogP contribution in [0.3, 0.4) is 0 Å². The molecular weight excluding hydrogens is 1520 g/mol. The molecule has 45 heteroatoms. The molecule has 0 saturated heterocycles. The number of aliphatic hydroxyl groups excluding tert-OH is 2. The summed E-state index contributed by atoms with van der Waals surface area (Å²) in [6, 6.07) is -17.8. The van der Waals surface area contributed by atoms with Crippen molar-refractivity contribution in [1.82, 2.24) is 74.1 Å². The molecular formula is C70H110N20O25. The van der Waals surface area contributed by atoms with E-state index in [1.54, 1.807) is 52.0 Å². The number of carboxylic acids is 3. The second kappa shape index (κ2) is 48.8. The molecule has 0 unspecified atom stereocenters. The molecule has 0 bridgehead atoms. The predicted octanol–water partition coefficient (Wildman–Crippen LogP) is -8.93. The van der Waals surface area contributed by atoms with Crippen LogP contribution in [-0.2, 0) is 102 Å². The number of aliphatic carboxylic acids is 3. The zero-order valence-corrected chi connectivity index (χ0v) is 65.0. The minimum Gasteiger partial charge on any atom is -0.481 e. The first-order valence-electron chi connectivity index (χ1n) is 36.8. The van der Waals surface area contributed by atoms with Gasteiger partial charge in [-0.2, -0.15) is 0 Å². The number of H-pyrrole nitrogens is 1. The Morgan fingerprint density at radius 1 is 0.374 bits per heavy atom. The summed E-state index contributed by atoms with van der Waals surface area (Å²) in [5.74, 6) is -25.2. The second-order valence-electron chi connectivity index (χ2n) is 28.4. The van der Waals surface area contributed by atoms with Crippen LogP contribution in [0.5, 0.6) is 0 Å². The maximum Gasteiger partial charge on any atom is 0.326 e. The van der Waals surface area contributed by atoms with E-state index in [9.17, 15) is 121 Å². The lowest BCUT2D eigenvalue weighted by Gasteiger charge is -2.29. The number of aliphatic hydroxyl groups is 2. The van der Waals surface area contributed by atoms with E-state index < -0.39 is 266 Å². The van der Waals surface area contributed by atoms with Gasteiger partial charge in [-0.1, -0.05) is 45.9 Å². The average Bonchev–Trinajstić information content (AvgIpc) is 1.68. The molecule has 0 aliphatic carbocycles. The van der Waals surface area contributed by atoms with E-state index in [4.69, 9.17) is 34.4 Å². The first-order valence-corrected chi connectivity index (χ1v) is 36.8. The molecule has 1 aromatic carbocycles. The van der Waals surface area contributed by atoms with E-state index in [1.165, 1.54) is 6.20 Å². The first-order chi connectivity index (χ1) is 53.7. The van der Waals surface area contributed by atoms with Gasteiger partial charge < -0.3 is 134 Å². The summed E-state index contributed by atoms with van der Waals surface area (Å²) in [6.07, 6.45) is -8.25. The van der Waals surface area contributed by atoms with Crippen LogP contribution < -0.4 is 104 Å². The maximum atomic E-state index is 14.4. The zero-order valence-electron chi connectivity index (χ0n) is 65.0. The van der Waals surface area contributed by atoms with Crippen molar-refractivity contribution in [3.8, 4) is 0 Å². The summed E-state index contributed by atoms with van der Waals surface area (Å²) in [5.41, 5.74) is 33.9. The van der Waals surface area contributed by atoms with E-state index in [0.717, 1.165) is 27.7 Å². The molecule has 0 aliphatic rings. The third-order valence-electron chi connectivity index (χ3n) is 17.3. The van der Waals surface area contributed by atoms with Gasteiger partial charge in [0.1, 0.15) is 78.5 Å². The molecule has 31 N–H and O–H groups in total. The number of primary amides is 4. The molecule has 1 aromatic heterocycles. The lowest BCUT2D eigenvalue weighted by molar-refractivity contribution is -0.143. The highest BCUT2D eigenvalue weighted by Crippen LogP contribution is 2.21. The number of para-hydroxylation sites is 1. The van der Waals surface area contributed by atoms with E-state index in [2.05, 4.69) is 74.1 Å². The van der Waals surface area contributed by atoms with Crippen LogP contribution >= 0.6 is 0 Å². The van der Waals surface area contributed by atoms with Gasteiger partial charge in [-0.15, -0.1) is 0 Å². The largest absolute Gasteiger partial charge is 0.481 e. The topological polar surface area (TPSA) is 771 Å². The Labute approximate surface area is 659 Å². The van der Waals surface area contributed by atoms with Crippen LogP contribution in [0.2, 0.25) is 0 Å². The average molecular weight is 1630 g/mol. The van der Waals surface area contributed by atoms with Crippen LogP contribution in [-0.4, -0.2) is 252 Å². The number of hydrogen-bond donors (Lipinski definition) is 25. The van der Waals surface area contributed by atoms with Crippen LogP contribution in [0.15, 0.2) is 30.5 Å². The van der Waals surface area contributed by atoms with Gasteiger partial charge >= 0.3 is 17.9 Å². The SMILES string of the molecule is CC(C)C[C@H](NC(=O)[C@H](CC(N)=O)NC(=O)[C@H](CC(N)=O)NC(=O)[C@H](CC(C)C)NC(=O)[C@H](CCC(=O)O)NC(=O)[C@@H](NC(=O)[C@H](C)NC(=O)[C@@H](NC(=O)[C@H](C)NC(=O)[C@H](CC(=O)O)NC(=O)[C@H](Cc1c[nH]c2ccccc12)NC(=O)[C@H](CCCCN)NC(=O)[C@@H](N)CCC(N)=O)[C@@H](C)O)[C@@H](C)O)C(=O)N[C@@H](CCC(N)=O)C(=O)O. The summed E-state index contributed by atoms with van der Waals surface area (Å²) in [6.45, 7) is 10.7. The summed E-state index contributed by atoms with van der Waals surface area (Å²) in [5, 5.41) is 81.0. The van der Waals surface area contributed by atoms with Crippen molar-refractivity contribution in [1.29, 1.82) is 0 Å². The number of hydrogen-bond acceptors (Lipinski definition) is 24. The quantitative estimate of drug-likeness (QED) is 0.0274. The van der Waals surface area contributed by atoms with Crippen molar-refractivity contribution in [3.05, 3.63) is 36.0 Å². The number of aromatic nitrogens is 1.